The van der Waals surface area contributed by atoms with E-state index in [0.717, 1.165) is 12.8 Å². The lowest BCUT2D eigenvalue weighted by Gasteiger charge is -2.21. The number of carbonyl (C=O) groups is 2. The molecule has 1 aromatic carbocycles. The lowest BCUT2D eigenvalue weighted by atomic mass is 9.99. The summed E-state index contributed by atoms with van der Waals surface area (Å²) >= 11 is 0. The molecule has 2 aromatic rings. The molecule has 1 saturated carbocycles. The lowest BCUT2D eigenvalue weighted by molar-refractivity contribution is -0.123. The number of nitrogens with two attached hydrogens (primary N) is 1. The second-order valence-corrected chi connectivity index (χ2v) is 7.32. The van der Waals surface area contributed by atoms with E-state index in [1.807, 2.05) is 6.07 Å². The summed E-state index contributed by atoms with van der Waals surface area (Å²) in [6, 6.07) is 8.64. The van der Waals surface area contributed by atoms with Crippen molar-refractivity contribution in [2.24, 2.45) is 11.7 Å². The molecular formula is C21H23FN4O3. The Morgan fingerprint density at radius 3 is 2.72 bits per heavy atom. The summed E-state index contributed by atoms with van der Waals surface area (Å²) in [7, 11) is 0. The van der Waals surface area contributed by atoms with Crippen molar-refractivity contribution in [1.82, 2.24) is 10.6 Å². The molecule has 2 unspecified atom stereocenters. The third-order valence-electron chi connectivity index (χ3n) is 5.32. The van der Waals surface area contributed by atoms with Crippen molar-refractivity contribution in [2.45, 2.75) is 38.3 Å². The maximum atomic E-state index is 13.3. The summed E-state index contributed by atoms with van der Waals surface area (Å²) in [6.07, 6.45) is 4.75. The van der Waals surface area contributed by atoms with E-state index in [9.17, 15) is 14.0 Å². The first-order valence-corrected chi connectivity index (χ1v) is 9.44. The SMILES string of the molecule is Cc1ccc(-c2cc(C(N)=O)co2)cc1F.N#CCNC(=O)[C@H]1NC2CCC1C2. The number of nitrogens with zero attached hydrogens (tertiary/aromatic N) is 1. The van der Waals surface area contributed by atoms with Gasteiger partial charge in [-0.2, -0.15) is 5.26 Å². The minimum absolute atomic E-state index is 0.00579. The fraction of sp³-hybridized carbons (Fsp3) is 0.381. The topological polar surface area (TPSA) is 121 Å². The van der Waals surface area contributed by atoms with Crippen molar-refractivity contribution in [1.29, 1.82) is 5.26 Å². The van der Waals surface area contributed by atoms with Crippen LogP contribution in [-0.2, 0) is 4.79 Å². The third kappa shape index (κ3) is 4.81. The van der Waals surface area contributed by atoms with E-state index in [-0.39, 0.29) is 29.9 Å². The molecule has 2 bridgehead atoms. The smallest absolute Gasteiger partial charge is 0.251 e. The van der Waals surface area contributed by atoms with Gasteiger partial charge in [-0.1, -0.05) is 12.1 Å². The predicted molar refractivity (Wildman–Crippen MR) is 104 cm³/mol. The average molecular weight is 398 g/mol. The predicted octanol–water partition coefficient (Wildman–Crippen LogP) is 2.26. The number of aryl methyl sites for hydroxylation is 1. The van der Waals surface area contributed by atoms with Crippen LogP contribution in [0.1, 0.15) is 35.2 Å². The fourth-order valence-corrected chi connectivity index (χ4v) is 3.75. The number of amides is 2. The second kappa shape index (κ2) is 8.88. The number of halogens is 1. The molecule has 2 aliphatic rings. The Bertz CT molecular complexity index is 950. The monoisotopic (exact) mass is 398 g/mol. The van der Waals surface area contributed by atoms with Gasteiger partial charge in [0.2, 0.25) is 5.91 Å². The third-order valence-corrected chi connectivity index (χ3v) is 5.32. The van der Waals surface area contributed by atoms with E-state index in [0.29, 0.717) is 28.8 Å². The number of nitrogens with one attached hydrogen (secondary N) is 2. The van der Waals surface area contributed by atoms with Crippen molar-refractivity contribution in [3.8, 4) is 17.4 Å². The Labute approximate surface area is 168 Å². The van der Waals surface area contributed by atoms with Crippen molar-refractivity contribution < 1.29 is 18.4 Å². The van der Waals surface area contributed by atoms with Crippen molar-refractivity contribution in [2.75, 3.05) is 6.54 Å². The number of carbonyl (C=O) groups excluding carboxylic acids is 2. The first kappa shape index (κ1) is 20.6. The summed E-state index contributed by atoms with van der Waals surface area (Å²) in [5.41, 5.74) is 6.50. The van der Waals surface area contributed by atoms with Gasteiger partial charge < -0.3 is 20.8 Å². The van der Waals surface area contributed by atoms with Gasteiger partial charge in [0, 0.05) is 11.6 Å². The Hall–Kier alpha value is -3.18. The number of rotatable bonds is 4. The van der Waals surface area contributed by atoms with Gasteiger partial charge in [0.25, 0.3) is 5.91 Å². The van der Waals surface area contributed by atoms with Crippen LogP contribution in [0.3, 0.4) is 0 Å². The molecule has 7 nitrogen and oxygen atoms in total. The van der Waals surface area contributed by atoms with Crippen LogP contribution in [0, 0.1) is 30.0 Å². The molecule has 0 spiro atoms. The van der Waals surface area contributed by atoms with Gasteiger partial charge in [-0.15, -0.1) is 0 Å². The molecule has 3 atom stereocenters. The summed E-state index contributed by atoms with van der Waals surface area (Å²) < 4.78 is 18.4. The lowest BCUT2D eigenvalue weighted by Crippen LogP contribution is -2.47. The van der Waals surface area contributed by atoms with Crippen molar-refractivity contribution in [3.05, 3.63) is 47.5 Å². The van der Waals surface area contributed by atoms with Gasteiger partial charge in [-0.3, -0.25) is 9.59 Å². The molecule has 0 radical (unpaired) electrons. The number of primary amides is 1. The Balaban J connectivity index is 0.000000169. The highest BCUT2D eigenvalue weighted by atomic mass is 19.1. The van der Waals surface area contributed by atoms with Gasteiger partial charge in [0.1, 0.15) is 24.4 Å². The van der Waals surface area contributed by atoms with E-state index >= 15 is 0 Å². The molecule has 2 amide bonds. The standard InChI is InChI=1S/C12H10FNO2.C9H13N3O/c1-7-2-3-8(4-10(7)13)11-5-9(6-16-11)12(14)15;10-3-4-11-9(13)8-6-1-2-7(5-6)12-8/h2-6H,1H3,(H2,14,15);6-8,12H,1-2,4-5H2,(H,11,13)/t;6?,7?,8-/m.0/s1. The van der Waals surface area contributed by atoms with Crippen LogP contribution in [0.4, 0.5) is 4.39 Å². The zero-order chi connectivity index (χ0) is 21.0. The molecule has 2 heterocycles. The normalized spacial score (nSPS) is 21.8. The van der Waals surface area contributed by atoms with Crippen LogP contribution in [-0.4, -0.2) is 30.4 Å². The first-order chi connectivity index (χ1) is 13.9. The molecule has 1 saturated heterocycles. The summed E-state index contributed by atoms with van der Waals surface area (Å²) in [5, 5.41) is 14.2. The molecule has 8 heteroatoms. The number of nitriles is 1. The van der Waals surface area contributed by atoms with Crippen LogP contribution >= 0.6 is 0 Å². The molecule has 1 aliphatic carbocycles. The largest absolute Gasteiger partial charge is 0.464 e. The molecule has 152 valence electrons. The quantitative estimate of drug-likeness (QED) is 0.682. The number of hydrogen-bond acceptors (Lipinski definition) is 5. The number of fused-ring (bicyclic) bond motifs is 2. The molecule has 4 rings (SSSR count). The van der Waals surface area contributed by atoms with E-state index in [1.165, 1.54) is 24.8 Å². The first-order valence-electron chi connectivity index (χ1n) is 9.44. The second-order valence-electron chi connectivity index (χ2n) is 7.32. The minimum Gasteiger partial charge on any atom is -0.464 e. The number of piperidine rings is 1. The summed E-state index contributed by atoms with van der Waals surface area (Å²) in [5.74, 6) is 0.0438. The fourth-order valence-electron chi connectivity index (χ4n) is 3.75. The molecule has 2 fully saturated rings. The maximum Gasteiger partial charge on any atom is 0.251 e. The Kier molecular flexibility index (Phi) is 6.29. The molecular weight excluding hydrogens is 375 g/mol. The van der Waals surface area contributed by atoms with Crippen LogP contribution in [0.15, 0.2) is 34.9 Å². The van der Waals surface area contributed by atoms with Gasteiger partial charge in [0.15, 0.2) is 0 Å². The number of furan rings is 1. The van der Waals surface area contributed by atoms with E-state index in [2.05, 4.69) is 10.6 Å². The molecule has 1 aliphatic heterocycles. The Morgan fingerprint density at radius 2 is 2.17 bits per heavy atom. The van der Waals surface area contributed by atoms with Gasteiger partial charge in [-0.25, -0.2) is 4.39 Å². The molecule has 29 heavy (non-hydrogen) atoms. The number of hydrogen-bond donors (Lipinski definition) is 3. The van der Waals surface area contributed by atoms with E-state index < -0.39 is 5.91 Å². The highest BCUT2D eigenvalue weighted by Gasteiger charge is 2.42. The van der Waals surface area contributed by atoms with Crippen molar-refractivity contribution in [3.63, 3.8) is 0 Å². The zero-order valence-electron chi connectivity index (χ0n) is 16.1. The van der Waals surface area contributed by atoms with Crippen LogP contribution in [0.5, 0.6) is 0 Å². The number of benzene rings is 1. The van der Waals surface area contributed by atoms with E-state index in [4.69, 9.17) is 15.4 Å². The highest BCUT2D eigenvalue weighted by molar-refractivity contribution is 5.93. The summed E-state index contributed by atoms with van der Waals surface area (Å²) in [6.45, 7) is 1.80. The van der Waals surface area contributed by atoms with Gasteiger partial charge in [0.05, 0.1) is 17.7 Å². The Morgan fingerprint density at radius 1 is 1.38 bits per heavy atom. The van der Waals surface area contributed by atoms with Crippen LogP contribution in [0.25, 0.3) is 11.3 Å². The maximum absolute atomic E-state index is 13.3. The summed E-state index contributed by atoms with van der Waals surface area (Å²) in [4.78, 5) is 22.3. The minimum atomic E-state index is -0.567. The molecule has 1 aromatic heterocycles. The van der Waals surface area contributed by atoms with E-state index in [1.54, 1.807) is 19.1 Å². The zero-order valence-corrected chi connectivity index (χ0v) is 16.1. The van der Waals surface area contributed by atoms with Gasteiger partial charge in [-0.05, 0) is 49.8 Å². The highest BCUT2D eigenvalue weighted by Crippen LogP contribution is 2.35. The van der Waals surface area contributed by atoms with Gasteiger partial charge >= 0.3 is 0 Å². The average Bonchev–Trinajstić information content (AvgIpc) is 3.45. The van der Waals surface area contributed by atoms with Crippen molar-refractivity contribution >= 4 is 11.8 Å². The molecule has 4 N–H and O–H groups in total. The van der Waals surface area contributed by atoms with Crippen LogP contribution < -0.4 is 16.4 Å². The van der Waals surface area contributed by atoms with Crippen LogP contribution in [0.2, 0.25) is 0 Å².